The third-order valence-corrected chi connectivity index (χ3v) is 4.67. The summed E-state index contributed by atoms with van der Waals surface area (Å²) in [6.07, 6.45) is 1.15. The van der Waals surface area contributed by atoms with Crippen molar-refractivity contribution in [2.24, 2.45) is 0 Å². The van der Waals surface area contributed by atoms with Crippen LogP contribution in [-0.4, -0.2) is 18.5 Å². The molecule has 2 aromatic carbocycles. The van der Waals surface area contributed by atoms with Crippen molar-refractivity contribution in [3.63, 3.8) is 0 Å². The van der Waals surface area contributed by atoms with E-state index in [2.05, 4.69) is 81.7 Å². The Morgan fingerprint density at radius 3 is 2.90 bits per heavy atom. The normalized spacial score (nSPS) is 18.3. The Morgan fingerprint density at radius 1 is 1.19 bits per heavy atom. The van der Waals surface area contributed by atoms with Gasteiger partial charge in [-0.1, -0.05) is 52.3 Å². The number of halogens is 1. The molecule has 0 aliphatic carbocycles. The zero-order valence-corrected chi connectivity index (χ0v) is 13.9. The van der Waals surface area contributed by atoms with E-state index in [1.165, 1.54) is 16.7 Å². The average molecular weight is 345 g/mol. The second-order valence-electron chi connectivity index (χ2n) is 5.73. The monoisotopic (exact) mass is 344 g/mol. The molecule has 0 spiro atoms. The smallest absolute Gasteiger partial charge is 0.0363 e. The number of fused-ring (bicyclic) bond motifs is 1. The lowest BCUT2D eigenvalue weighted by Gasteiger charge is -2.28. The first-order valence-corrected chi connectivity index (χ1v) is 8.26. The van der Waals surface area contributed by atoms with E-state index in [1.54, 1.807) is 0 Å². The molecule has 1 N–H and O–H groups in total. The highest BCUT2D eigenvalue weighted by Gasteiger charge is 2.21. The summed E-state index contributed by atoms with van der Waals surface area (Å²) in [7, 11) is 2.23. The zero-order valence-electron chi connectivity index (χ0n) is 12.3. The molecule has 3 rings (SSSR count). The van der Waals surface area contributed by atoms with Gasteiger partial charge < -0.3 is 5.32 Å². The molecule has 21 heavy (non-hydrogen) atoms. The third-order valence-electron chi connectivity index (χ3n) is 4.18. The van der Waals surface area contributed by atoms with Gasteiger partial charge >= 0.3 is 0 Å². The van der Waals surface area contributed by atoms with E-state index in [0.717, 1.165) is 30.5 Å². The van der Waals surface area contributed by atoms with Crippen LogP contribution in [0.4, 0.5) is 0 Å². The second kappa shape index (κ2) is 6.73. The molecule has 110 valence electrons. The maximum atomic E-state index is 3.56. The van der Waals surface area contributed by atoms with Crippen LogP contribution in [0.25, 0.3) is 0 Å². The molecule has 2 aromatic rings. The van der Waals surface area contributed by atoms with Gasteiger partial charge in [0.15, 0.2) is 0 Å². The van der Waals surface area contributed by atoms with Crippen molar-refractivity contribution in [1.29, 1.82) is 0 Å². The maximum absolute atomic E-state index is 3.56. The molecule has 1 heterocycles. The van der Waals surface area contributed by atoms with Gasteiger partial charge in [0.2, 0.25) is 0 Å². The summed E-state index contributed by atoms with van der Waals surface area (Å²) in [6, 6.07) is 17.9. The van der Waals surface area contributed by atoms with Gasteiger partial charge in [0.05, 0.1) is 0 Å². The Hall–Kier alpha value is -1.16. The van der Waals surface area contributed by atoms with E-state index in [0.29, 0.717) is 6.04 Å². The molecule has 1 unspecified atom stereocenters. The molecule has 3 heteroatoms. The van der Waals surface area contributed by atoms with Crippen LogP contribution in [0.5, 0.6) is 0 Å². The van der Waals surface area contributed by atoms with Gasteiger partial charge in [0, 0.05) is 23.6 Å². The molecule has 0 saturated carbocycles. The van der Waals surface area contributed by atoms with E-state index in [1.807, 2.05) is 0 Å². The van der Waals surface area contributed by atoms with E-state index < -0.39 is 0 Å². The molecule has 0 radical (unpaired) electrons. The molecule has 1 aliphatic rings. The Kier molecular flexibility index (Phi) is 4.73. The minimum Gasteiger partial charge on any atom is -0.313 e. The van der Waals surface area contributed by atoms with Crippen molar-refractivity contribution in [2.45, 2.75) is 25.6 Å². The van der Waals surface area contributed by atoms with Crippen molar-refractivity contribution in [3.8, 4) is 0 Å². The molecule has 2 nitrogen and oxygen atoms in total. The lowest BCUT2D eigenvalue weighted by atomic mass is 9.98. The fourth-order valence-electron chi connectivity index (χ4n) is 3.13. The number of nitrogens with zero attached hydrogens (tertiary/aromatic N) is 1. The second-order valence-corrected chi connectivity index (χ2v) is 6.64. The van der Waals surface area contributed by atoms with Gasteiger partial charge in [-0.3, -0.25) is 4.90 Å². The van der Waals surface area contributed by atoms with Crippen molar-refractivity contribution in [2.75, 3.05) is 13.6 Å². The van der Waals surface area contributed by atoms with E-state index in [4.69, 9.17) is 0 Å². The van der Waals surface area contributed by atoms with E-state index >= 15 is 0 Å². The fourth-order valence-corrected chi connectivity index (χ4v) is 3.58. The predicted molar refractivity (Wildman–Crippen MR) is 91.1 cm³/mol. The summed E-state index contributed by atoms with van der Waals surface area (Å²) >= 11 is 3.56. The molecule has 0 fully saturated rings. The molecule has 0 bridgehead atoms. The van der Waals surface area contributed by atoms with Gasteiger partial charge in [-0.05, 0) is 48.8 Å². The van der Waals surface area contributed by atoms with Crippen molar-refractivity contribution < 1.29 is 0 Å². The summed E-state index contributed by atoms with van der Waals surface area (Å²) in [4.78, 5) is 2.47. The van der Waals surface area contributed by atoms with Gasteiger partial charge in [0.25, 0.3) is 0 Å². The van der Waals surface area contributed by atoms with Crippen LogP contribution < -0.4 is 5.32 Å². The van der Waals surface area contributed by atoms with Crippen LogP contribution >= 0.6 is 15.9 Å². The Morgan fingerprint density at radius 2 is 2.05 bits per heavy atom. The first-order valence-electron chi connectivity index (χ1n) is 7.47. The summed E-state index contributed by atoms with van der Waals surface area (Å²) in [6.45, 7) is 3.03. The largest absolute Gasteiger partial charge is 0.313 e. The third kappa shape index (κ3) is 3.54. The zero-order chi connectivity index (χ0) is 14.7. The Labute approximate surface area is 135 Å². The van der Waals surface area contributed by atoms with Crippen molar-refractivity contribution in [1.82, 2.24) is 10.2 Å². The quantitative estimate of drug-likeness (QED) is 0.900. The number of nitrogens with one attached hydrogen (secondary N) is 1. The van der Waals surface area contributed by atoms with Crippen LogP contribution in [0.3, 0.4) is 0 Å². The standard InChI is InChI=1S/C18H21BrN2/c1-21(13-14-5-4-7-16(19)11-14)18-9-10-20-12-15-6-2-3-8-17(15)18/h2-8,11,18,20H,9-10,12-13H2,1H3. The average Bonchev–Trinajstić information content (AvgIpc) is 2.69. The highest BCUT2D eigenvalue weighted by molar-refractivity contribution is 9.10. The molecular weight excluding hydrogens is 324 g/mol. The molecule has 0 aromatic heterocycles. The number of benzene rings is 2. The van der Waals surface area contributed by atoms with Crippen LogP contribution in [0.2, 0.25) is 0 Å². The lowest BCUT2D eigenvalue weighted by Crippen LogP contribution is -2.25. The van der Waals surface area contributed by atoms with Crippen LogP contribution in [-0.2, 0) is 13.1 Å². The van der Waals surface area contributed by atoms with E-state index in [9.17, 15) is 0 Å². The SMILES string of the molecule is CN(Cc1cccc(Br)c1)C1CCNCc2ccccc21. The fraction of sp³-hybridized carbons (Fsp3) is 0.333. The topological polar surface area (TPSA) is 15.3 Å². The molecular formula is C18H21BrN2. The highest BCUT2D eigenvalue weighted by Crippen LogP contribution is 2.29. The van der Waals surface area contributed by atoms with Crippen LogP contribution in [0.15, 0.2) is 53.0 Å². The van der Waals surface area contributed by atoms with Gasteiger partial charge in [0.1, 0.15) is 0 Å². The first-order chi connectivity index (χ1) is 10.2. The summed E-state index contributed by atoms with van der Waals surface area (Å²) < 4.78 is 1.15. The number of hydrogen-bond donors (Lipinski definition) is 1. The van der Waals surface area contributed by atoms with Crippen molar-refractivity contribution >= 4 is 15.9 Å². The van der Waals surface area contributed by atoms with Gasteiger partial charge in [-0.15, -0.1) is 0 Å². The van der Waals surface area contributed by atoms with Crippen LogP contribution in [0.1, 0.15) is 29.2 Å². The Bertz CT molecular complexity index is 612. The number of rotatable bonds is 3. The predicted octanol–water partition coefficient (Wildman–Crippen LogP) is 4.12. The van der Waals surface area contributed by atoms with Crippen LogP contribution in [0, 0.1) is 0 Å². The maximum Gasteiger partial charge on any atom is 0.0363 e. The summed E-state index contributed by atoms with van der Waals surface area (Å²) in [5.74, 6) is 0. The lowest BCUT2D eigenvalue weighted by molar-refractivity contribution is 0.226. The molecule has 0 saturated heterocycles. The number of hydrogen-bond acceptors (Lipinski definition) is 2. The minimum atomic E-state index is 0.482. The van der Waals surface area contributed by atoms with Gasteiger partial charge in [-0.2, -0.15) is 0 Å². The summed E-state index contributed by atoms with van der Waals surface area (Å²) in [5, 5.41) is 3.53. The van der Waals surface area contributed by atoms with Gasteiger partial charge in [-0.25, -0.2) is 0 Å². The Balaban J connectivity index is 1.82. The highest BCUT2D eigenvalue weighted by atomic mass is 79.9. The minimum absolute atomic E-state index is 0.482. The molecule has 1 aliphatic heterocycles. The molecule has 0 amide bonds. The first kappa shape index (κ1) is 14.8. The van der Waals surface area contributed by atoms with Crippen molar-refractivity contribution in [3.05, 3.63) is 69.7 Å². The summed E-state index contributed by atoms with van der Waals surface area (Å²) in [5.41, 5.74) is 4.25. The molecule has 1 atom stereocenters. The van der Waals surface area contributed by atoms with E-state index in [-0.39, 0.29) is 0 Å².